The summed E-state index contributed by atoms with van der Waals surface area (Å²) >= 11 is 0. The van der Waals surface area contributed by atoms with Gasteiger partial charge in [-0.1, -0.05) is 6.07 Å². The molecule has 100 valence electrons. The van der Waals surface area contributed by atoms with E-state index in [2.05, 4.69) is 9.97 Å². The molecule has 19 heavy (non-hydrogen) atoms. The molecule has 0 amide bonds. The largest absolute Gasteiger partial charge is 0.433 e. The number of aryl methyl sites for hydroxylation is 1. The number of halogens is 4. The van der Waals surface area contributed by atoms with Gasteiger partial charge in [0.05, 0.1) is 0 Å². The summed E-state index contributed by atoms with van der Waals surface area (Å²) in [5.41, 5.74) is -0.720. The molecule has 2 aromatic rings. The summed E-state index contributed by atoms with van der Waals surface area (Å²) in [6, 6.07) is 4.15. The number of benzene rings is 1. The van der Waals surface area contributed by atoms with Crippen molar-refractivity contribution in [2.24, 2.45) is 0 Å². The monoisotopic (exact) mass is 272 g/mol. The third kappa shape index (κ3) is 3.18. The molecule has 0 aliphatic carbocycles. The van der Waals surface area contributed by atoms with Crippen molar-refractivity contribution in [1.82, 2.24) is 9.97 Å². The van der Waals surface area contributed by atoms with Gasteiger partial charge in [-0.2, -0.15) is 18.2 Å². The van der Waals surface area contributed by atoms with Crippen LogP contribution in [0.5, 0.6) is 11.8 Å². The maximum Gasteiger partial charge on any atom is 0.433 e. The van der Waals surface area contributed by atoms with E-state index in [0.29, 0.717) is 5.56 Å². The van der Waals surface area contributed by atoms with Gasteiger partial charge in [-0.3, -0.25) is 0 Å². The number of ether oxygens (including phenoxy) is 1. The van der Waals surface area contributed by atoms with Gasteiger partial charge in [-0.25, -0.2) is 9.37 Å². The molecule has 0 aliphatic rings. The number of aromatic nitrogens is 2. The van der Waals surface area contributed by atoms with Crippen molar-refractivity contribution < 1.29 is 22.3 Å². The molecule has 0 fully saturated rings. The van der Waals surface area contributed by atoms with Gasteiger partial charge in [0.1, 0.15) is 11.6 Å². The van der Waals surface area contributed by atoms with Gasteiger partial charge in [0.15, 0.2) is 5.69 Å². The molecule has 1 aromatic carbocycles. The van der Waals surface area contributed by atoms with E-state index >= 15 is 0 Å². The number of nitrogens with zero attached hydrogens (tertiary/aromatic N) is 2. The molecule has 0 unspecified atom stereocenters. The lowest BCUT2D eigenvalue weighted by atomic mass is 10.2. The van der Waals surface area contributed by atoms with Crippen LogP contribution >= 0.6 is 0 Å². The Morgan fingerprint density at radius 1 is 1.16 bits per heavy atom. The zero-order chi connectivity index (χ0) is 14.0. The van der Waals surface area contributed by atoms with Crippen LogP contribution in [0, 0.1) is 12.7 Å². The molecule has 0 radical (unpaired) electrons. The van der Waals surface area contributed by atoms with Crippen LogP contribution in [0.15, 0.2) is 30.5 Å². The highest BCUT2D eigenvalue weighted by Crippen LogP contribution is 2.29. The van der Waals surface area contributed by atoms with Gasteiger partial charge < -0.3 is 4.74 Å². The molecule has 0 aliphatic heterocycles. The lowest BCUT2D eigenvalue weighted by Gasteiger charge is -2.08. The minimum atomic E-state index is -4.58. The molecular formula is C12H8F4N2O. The van der Waals surface area contributed by atoms with Gasteiger partial charge in [-0.05, 0) is 24.6 Å². The molecular weight excluding hydrogens is 264 g/mol. The first kappa shape index (κ1) is 13.3. The summed E-state index contributed by atoms with van der Waals surface area (Å²) in [5, 5.41) is 0. The van der Waals surface area contributed by atoms with E-state index in [1.54, 1.807) is 6.92 Å². The fraction of sp³-hybridized carbons (Fsp3) is 0.167. The van der Waals surface area contributed by atoms with Crippen LogP contribution in [0.4, 0.5) is 17.6 Å². The number of hydrogen-bond acceptors (Lipinski definition) is 3. The van der Waals surface area contributed by atoms with Crippen molar-refractivity contribution in [3.63, 3.8) is 0 Å². The minimum absolute atomic E-state index is 0.0300. The average Bonchev–Trinajstić information content (AvgIpc) is 2.33. The molecule has 1 heterocycles. The summed E-state index contributed by atoms with van der Waals surface area (Å²) in [5.74, 6) is -0.494. The quantitative estimate of drug-likeness (QED) is 0.781. The summed E-state index contributed by atoms with van der Waals surface area (Å²) in [4.78, 5) is 6.76. The van der Waals surface area contributed by atoms with Gasteiger partial charge >= 0.3 is 12.2 Å². The van der Waals surface area contributed by atoms with E-state index in [0.717, 1.165) is 18.3 Å². The second-order valence-corrected chi connectivity index (χ2v) is 3.74. The van der Waals surface area contributed by atoms with Gasteiger partial charge in [0, 0.05) is 12.3 Å². The molecule has 0 N–H and O–H groups in total. The molecule has 2 rings (SSSR count). The van der Waals surface area contributed by atoms with E-state index in [1.807, 2.05) is 0 Å². The minimum Gasteiger partial charge on any atom is -0.424 e. The van der Waals surface area contributed by atoms with Crippen molar-refractivity contribution in [3.8, 4) is 11.8 Å². The number of alkyl halides is 3. The number of hydrogen-bond donors (Lipinski definition) is 0. The average molecular weight is 272 g/mol. The second-order valence-electron chi connectivity index (χ2n) is 3.74. The van der Waals surface area contributed by atoms with E-state index in [4.69, 9.17) is 4.74 Å². The highest BCUT2D eigenvalue weighted by molar-refractivity contribution is 5.30. The first-order valence-electron chi connectivity index (χ1n) is 5.20. The van der Waals surface area contributed by atoms with Crippen molar-refractivity contribution in [2.75, 3.05) is 0 Å². The van der Waals surface area contributed by atoms with Crippen LogP contribution in [-0.4, -0.2) is 9.97 Å². The zero-order valence-corrected chi connectivity index (χ0v) is 9.70. The summed E-state index contributed by atoms with van der Waals surface area (Å²) in [6.45, 7) is 1.56. The lowest BCUT2D eigenvalue weighted by Crippen LogP contribution is -2.08. The first-order chi connectivity index (χ1) is 8.86. The van der Waals surface area contributed by atoms with Crippen LogP contribution in [0.1, 0.15) is 11.3 Å². The Morgan fingerprint density at radius 3 is 2.53 bits per heavy atom. The Morgan fingerprint density at radius 2 is 1.89 bits per heavy atom. The fourth-order valence-corrected chi connectivity index (χ4v) is 1.29. The number of rotatable bonds is 2. The third-order valence-corrected chi connectivity index (χ3v) is 2.28. The third-order valence-electron chi connectivity index (χ3n) is 2.28. The highest BCUT2D eigenvalue weighted by atomic mass is 19.4. The molecule has 7 heteroatoms. The van der Waals surface area contributed by atoms with E-state index in [9.17, 15) is 17.6 Å². The Bertz CT molecular complexity index is 599. The van der Waals surface area contributed by atoms with E-state index in [1.165, 1.54) is 12.1 Å². The highest BCUT2D eigenvalue weighted by Gasteiger charge is 2.33. The smallest absolute Gasteiger partial charge is 0.424 e. The second kappa shape index (κ2) is 4.83. The SMILES string of the molecule is Cc1ccc(Oc2nccc(C(F)(F)F)n2)cc1F. The Hall–Kier alpha value is -2.18. The molecule has 1 aromatic heterocycles. The summed E-state index contributed by atoms with van der Waals surface area (Å²) in [7, 11) is 0. The summed E-state index contributed by atoms with van der Waals surface area (Å²) < 4.78 is 55.5. The predicted octanol–water partition coefficient (Wildman–Crippen LogP) is 3.74. The molecule has 0 spiro atoms. The Kier molecular flexibility index (Phi) is 3.37. The molecule has 3 nitrogen and oxygen atoms in total. The van der Waals surface area contributed by atoms with Gasteiger partial charge in [-0.15, -0.1) is 0 Å². The van der Waals surface area contributed by atoms with Gasteiger partial charge in [0.2, 0.25) is 0 Å². The van der Waals surface area contributed by atoms with Crippen LogP contribution in [0.25, 0.3) is 0 Å². The molecule has 0 saturated carbocycles. The van der Waals surface area contributed by atoms with Crippen LogP contribution in [0.3, 0.4) is 0 Å². The van der Waals surface area contributed by atoms with Crippen molar-refractivity contribution >= 4 is 0 Å². The van der Waals surface area contributed by atoms with Crippen molar-refractivity contribution in [3.05, 3.63) is 47.5 Å². The maximum atomic E-state index is 13.2. The standard InChI is InChI=1S/C12H8F4N2O/c1-7-2-3-8(6-9(7)13)19-11-17-5-4-10(18-11)12(14,15)16/h2-6H,1H3. The van der Waals surface area contributed by atoms with E-state index in [-0.39, 0.29) is 5.75 Å². The van der Waals surface area contributed by atoms with Crippen LogP contribution in [-0.2, 0) is 6.18 Å². The Labute approximate surface area is 105 Å². The predicted molar refractivity (Wildman–Crippen MR) is 58.2 cm³/mol. The van der Waals surface area contributed by atoms with Crippen molar-refractivity contribution in [2.45, 2.75) is 13.1 Å². The van der Waals surface area contributed by atoms with Crippen LogP contribution in [0.2, 0.25) is 0 Å². The van der Waals surface area contributed by atoms with Crippen LogP contribution < -0.4 is 4.74 Å². The fourth-order valence-electron chi connectivity index (χ4n) is 1.29. The zero-order valence-electron chi connectivity index (χ0n) is 9.70. The molecule has 0 atom stereocenters. The maximum absolute atomic E-state index is 13.2. The van der Waals surface area contributed by atoms with Crippen molar-refractivity contribution in [1.29, 1.82) is 0 Å². The normalized spacial score (nSPS) is 11.4. The molecule has 0 saturated heterocycles. The Balaban J connectivity index is 2.26. The van der Waals surface area contributed by atoms with E-state index < -0.39 is 23.7 Å². The molecule has 0 bridgehead atoms. The summed E-state index contributed by atoms with van der Waals surface area (Å²) in [6.07, 6.45) is -3.66. The first-order valence-corrected chi connectivity index (χ1v) is 5.20. The lowest BCUT2D eigenvalue weighted by molar-refractivity contribution is -0.141. The topological polar surface area (TPSA) is 35.0 Å². The van der Waals surface area contributed by atoms with Gasteiger partial charge in [0.25, 0.3) is 0 Å².